The largest absolute Gasteiger partial charge is 0.374 e. The van der Waals surface area contributed by atoms with Gasteiger partial charge in [0.1, 0.15) is 6.23 Å². The van der Waals surface area contributed by atoms with Gasteiger partial charge in [-0.2, -0.15) is 0 Å². The van der Waals surface area contributed by atoms with Gasteiger partial charge in [0.15, 0.2) is 0 Å². The second-order valence-corrected chi connectivity index (χ2v) is 3.04. The summed E-state index contributed by atoms with van der Waals surface area (Å²) in [6, 6.07) is 0. The number of likely N-dealkylation sites (N-methyl/N-ethyl adjacent to an activating group) is 1. The average molecular weight is 156 g/mol. The minimum absolute atomic E-state index is 0.292. The van der Waals surface area contributed by atoms with Crippen molar-refractivity contribution < 1.29 is 5.11 Å². The lowest BCUT2D eigenvalue weighted by molar-refractivity contribution is -0.0229. The van der Waals surface area contributed by atoms with Gasteiger partial charge in [0, 0.05) is 12.7 Å². The van der Waals surface area contributed by atoms with Crippen LogP contribution in [0.5, 0.6) is 0 Å². The van der Waals surface area contributed by atoms with E-state index >= 15 is 0 Å². The fourth-order valence-electron chi connectivity index (χ4n) is 1.28. The Balaban J connectivity index is 2.64. The SMILES string of the molecule is CC(O)N1C=CCN(C)C1C. The Morgan fingerprint density at radius 3 is 2.73 bits per heavy atom. The van der Waals surface area contributed by atoms with Gasteiger partial charge in [0.2, 0.25) is 0 Å². The zero-order valence-electron chi connectivity index (χ0n) is 7.36. The summed E-state index contributed by atoms with van der Waals surface area (Å²) in [6.45, 7) is 4.82. The highest BCUT2D eigenvalue weighted by Gasteiger charge is 2.20. The van der Waals surface area contributed by atoms with Crippen molar-refractivity contribution in [2.24, 2.45) is 0 Å². The smallest absolute Gasteiger partial charge is 0.124 e. The second kappa shape index (κ2) is 3.24. The van der Waals surface area contributed by atoms with E-state index in [1.54, 1.807) is 6.92 Å². The molecule has 0 fully saturated rings. The molecule has 1 N–H and O–H groups in total. The van der Waals surface area contributed by atoms with Gasteiger partial charge in [-0.05, 0) is 20.9 Å². The molecule has 2 atom stereocenters. The first-order valence-corrected chi connectivity index (χ1v) is 3.95. The third-order valence-corrected chi connectivity index (χ3v) is 2.17. The number of aliphatic hydroxyl groups excluding tert-OH is 1. The Hall–Kier alpha value is -0.540. The zero-order valence-corrected chi connectivity index (χ0v) is 7.36. The molecular weight excluding hydrogens is 140 g/mol. The molecule has 1 aliphatic rings. The van der Waals surface area contributed by atoms with Gasteiger partial charge >= 0.3 is 0 Å². The summed E-state index contributed by atoms with van der Waals surface area (Å²) in [5.74, 6) is 0. The Bertz CT molecular complexity index is 156. The van der Waals surface area contributed by atoms with E-state index in [0.717, 1.165) is 6.54 Å². The third kappa shape index (κ3) is 1.73. The molecule has 1 heterocycles. The number of aliphatic hydroxyl groups is 1. The molecule has 1 rings (SSSR count). The standard InChI is InChI=1S/C8H16N2O/c1-7-9(3)5-4-6-10(7)8(2)11/h4,6-8,11H,5H2,1-3H3. The van der Waals surface area contributed by atoms with Crippen molar-refractivity contribution >= 4 is 0 Å². The van der Waals surface area contributed by atoms with Crippen molar-refractivity contribution in [3.63, 3.8) is 0 Å². The van der Waals surface area contributed by atoms with Crippen LogP contribution in [-0.4, -0.2) is 40.9 Å². The lowest BCUT2D eigenvalue weighted by Crippen LogP contribution is -2.48. The van der Waals surface area contributed by atoms with Crippen LogP contribution in [0.15, 0.2) is 12.3 Å². The molecule has 0 amide bonds. The van der Waals surface area contributed by atoms with Crippen LogP contribution >= 0.6 is 0 Å². The van der Waals surface area contributed by atoms with E-state index < -0.39 is 6.23 Å². The van der Waals surface area contributed by atoms with Crippen molar-refractivity contribution in [1.29, 1.82) is 0 Å². The number of rotatable bonds is 1. The van der Waals surface area contributed by atoms with Crippen LogP contribution in [0.1, 0.15) is 13.8 Å². The summed E-state index contributed by atoms with van der Waals surface area (Å²) in [7, 11) is 2.05. The second-order valence-electron chi connectivity index (χ2n) is 3.04. The lowest BCUT2D eigenvalue weighted by atomic mass is 10.3. The van der Waals surface area contributed by atoms with E-state index in [9.17, 15) is 5.11 Å². The molecule has 0 aromatic rings. The highest BCUT2D eigenvalue weighted by molar-refractivity contribution is 4.93. The number of hydrogen-bond donors (Lipinski definition) is 1. The highest BCUT2D eigenvalue weighted by Crippen LogP contribution is 2.11. The number of nitrogens with zero attached hydrogens (tertiary/aromatic N) is 2. The first kappa shape index (κ1) is 8.56. The summed E-state index contributed by atoms with van der Waals surface area (Å²) in [4.78, 5) is 4.09. The molecule has 0 aromatic heterocycles. The lowest BCUT2D eigenvalue weighted by Gasteiger charge is -2.39. The van der Waals surface area contributed by atoms with Gasteiger partial charge in [-0.1, -0.05) is 6.08 Å². The zero-order chi connectivity index (χ0) is 8.43. The summed E-state index contributed by atoms with van der Waals surface area (Å²) >= 11 is 0. The topological polar surface area (TPSA) is 26.7 Å². The van der Waals surface area contributed by atoms with Gasteiger partial charge in [-0.25, -0.2) is 0 Å². The van der Waals surface area contributed by atoms with E-state index in [4.69, 9.17) is 0 Å². The summed E-state index contributed by atoms with van der Waals surface area (Å²) in [5, 5.41) is 9.31. The first-order chi connectivity index (χ1) is 5.13. The van der Waals surface area contributed by atoms with E-state index in [1.807, 2.05) is 24.2 Å². The van der Waals surface area contributed by atoms with Crippen LogP contribution in [0.25, 0.3) is 0 Å². The molecule has 2 unspecified atom stereocenters. The highest BCUT2D eigenvalue weighted by atomic mass is 16.3. The summed E-state index contributed by atoms with van der Waals surface area (Å²) in [5.41, 5.74) is 0. The van der Waals surface area contributed by atoms with Crippen molar-refractivity contribution in [3.8, 4) is 0 Å². The molecule has 3 nitrogen and oxygen atoms in total. The van der Waals surface area contributed by atoms with Crippen LogP contribution in [0.2, 0.25) is 0 Å². The monoisotopic (exact) mass is 156 g/mol. The van der Waals surface area contributed by atoms with Crippen molar-refractivity contribution in [2.75, 3.05) is 13.6 Å². The average Bonchev–Trinajstić information content (AvgIpc) is 1.94. The maximum atomic E-state index is 9.31. The van der Waals surface area contributed by atoms with Crippen molar-refractivity contribution in [1.82, 2.24) is 9.80 Å². The molecule has 3 heteroatoms. The van der Waals surface area contributed by atoms with Crippen LogP contribution in [0, 0.1) is 0 Å². The molecular formula is C8H16N2O. The Kier molecular flexibility index (Phi) is 2.52. The fourth-order valence-corrected chi connectivity index (χ4v) is 1.28. The normalized spacial score (nSPS) is 29.1. The van der Waals surface area contributed by atoms with Gasteiger partial charge < -0.3 is 10.0 Å². The quantitative estimate of drug-likeness (QED) is 0.596. The summed E-state index contributed by atoms with van der Waals surface area (Å²) < 4.78 is 0. The van der Waals surface area contributed by atoms with Gasteiger partial charge in [0.25, 0.3) is 0 Å². The van der Waals surface area contributed by atoms with E-state index in [-0.39, 0.29) is 0 Å². The minimum atomic E-state index is -0.399. The molecule has 0 aromatic carbocycles. The Morgan fingerprint density at radius 2 is 2.27 bits per heavy atom. The number of hydrogen-bond acceptors (Lipinski definition) is 3. The van der Waals surface area contributed by atoms with Crippen LogP contribution in [-0.2, 0) is 0 Å². The van der Waals surface area contributed by atoms with Gasteiger partial charge in [0.05, 0.1) is 6.17 Å². The Labute approximate surface area is 67.9 Å². The summed E-state index contributed by atoms with van der Waals surface area (Å²) in [6.07, 6.45) is 3.89. The van der Waals surface area contributed by atoms with Gasteiger partial charge in [-0.3, -0.25) is 4.90 Å². The maximum Gasteiger partial charge on any atom is 0.124 e. The molecule has 11 heavy (non-hydrogen) atoms. The predicted octanol–water partition coefficient (Wildman–Crippen LogP) is 0.432. The molecule has 0 bridgehead atoms. The maximum absolute atomic E-state index is 9.31. The fraction of sp³-hybridized carbons (Fsp3) is 0.750. The minimum Gasteiger partial charge on any atom is -0.374 e. The molecule has 0 saturated carbocycles. The molecule has 0 radical (unpaired) electrons. The van der Waals surface area contributed by atoms with Crippen LogP contribution in [0.4, 0.5) is 0 Å². The van der Waals surface area contributed by atoms with Crippen molar-refractivity contribution in [2.45, 2.75) is 26.2 Å². The van der Waals surface area contributed by atoms with E-state index in [0.29, 0.717) is 6.17 Å². The molecule has 0 spiro atoms. The molecule has 0 aliphatic carbocycles. The van der Waals surface area contributed by atoms with E-state index in [2.05, 4.69) is 11.8 Å². The van der Waals surface area contributed by atoms with E-state index in [1.165, 1.54) is 0 Å². The molecule has 0 saturated heterocycles. The van der Waals surface area contributed by atoms with Crippen LogP contribution in [0.3, 0.4) is 0 Å². The van der Waals surface area contributed by atoms with Crippen LogP contribution < -0.4 is 0 Å². The predicted molar refractivity (Wildman–Crippen MR) is 44.8 cm³/mol. The molecule has 1 aliphatic heterocycles. The first-order valence-electron chi connectivity index (χ1n) is 3.95. The van der Waals surface area contributed by atoms with Gasteiger partial charge in [-0.15, -0.1) is 0 Å². The molecule has 64 valence electrons. The Morgan fingerprint density at radius 1 is 1.64 bits per heavy atom. The van der Waals surface area contributed by atoms with Crippen molar-refractivity contribution in [3.05, 3.63) is 12.3 Å². The third-order valence-electron chi connectivity index (χ3n) is 2.17.